The average molecular weight is 721 g/mol. The monoisotopic (exact) mass is 720 g/mol. The number of hydrogen-bond donors (Lipinski definition) is 3. The molecule has 5 N–H and O–H groups in total. The molecule has 1 amide bonds. The number of nitrogens with two attached hydrogens (primary N) is 2. The standard InChI is InChI=1S/C34H40N8O6S2/c1-34(2,3)48-32(46)23(12-14-26(44)38-20-28(45)47-16-17-49-50-27-6-4-5-15-37-27)18-25(43)22-10-7-21(8-11-22)9-13-24-19-39-31-29(40-24)30(35)41-33(36)42-31/h4-8,10-11,15,19,23H,9,12-14,16-18,20H2,1-3H3,(H,38,44)(H4,35,36,39,41,42)/t23-/m1/s1. The zero-order valence-electron chi connectivity index (χ0n) is 28.1. The zero-order chi connectivity index (χ0) is 36.1. The minimum atomic E-state index is -0.856. The second kappa shape index (κ2) is 18.2. The number of aryl methyl sites for hydroxylation is 2. The van der Waals surface area contributed by atoms with Crippen LogP contribution in [0.15, 0.2) is 59.9 Å². The Morgan fingerprint density at radius 3 is 2.46 bits per heavy atom. The second-order valence-corrected chi connectivity index (χ2v) is 14.6. The Hall–Kier alpha value is -4.83. The molecule has 0 radical (unpaired) electrons. The highest BCUT2D eigenvalue weighted by atomic mass is 33.1. The molecule has 0 spiro atoms. The van der Waals surface area contributed by atoms with Crippen LogP contribution in [0.1, 0.15) is 61.6 Å². The van der Waals surface area contributed by atoms with Crippen molar-refractivity contribution in [1.82, 2.24) is 30.2 Å². The van der Waals surface area contributed by atoms with E-state index < -0.39 is 29.4 Å². The topological polar surface area (TPSA) is 215 Å². The summed E-state index contributed by atoms with van der Waals surface area (Å²) < 4.78 is 10.7. The lowest BCUT2D eigenvalue weighted by Crippen LogP contribution is -2.33. The number of Topliss-reactive ketones (excluding diaryl/α,β-unsaturated/α-hetero) is 1. The summed E-state index contributed by atoms with van der Waals surface area (Å²) in [6.07, 6.45) is 4.35. The first-order valence-electron chi connectivity index (χ1n) is 15.9. The Morgan fingerprint density at radius 1 is 0.960 bits per heavy atom. The van der Waals surface area contributed by atoms with Crippen molar-refractivity contribution >= 4 is 68.1 Å². The lowest BCUT2D eigenvalue weighted by molar-refractivity contribution is -0.160. The lowest BCUT2D eigenvalue weighted by Gasteiger charge is -2.23. The Kier molecular flexibility index (Phi) is 13.9. The number of amides is 1. The van der Waals surface area contributed by atoms with Crippen LogP contribution >= 0.6 is 21.6 Å². The first-order chi connectivity index (χ1) is 23.9. The van der Waals surface area contributed by atoms with Gasteiger partial charge in [-0.25, -0.2) is 15.0 Å². The molecule has 4 rings (SSSR count). The fraction of sp³-hybridized carbons (Fsp3) is 0.382. The first-order valence-corrected chi connectivity index (χ1v) is 18.2. The number of benzene rings is 1. The summed E-state index contributed by atoms with van der Waals surface area (Å²) in [6, 6.07) is 12.7. The van der Waals surface area contributed by atoms with E-state index in [1.54, 1.807) is 45.3 Å². The molecule has 3 heterocycles. The molecule has 14 nitrogen and oxygen atoms in total. The van der Waals surface area contributed by atoms with Crippen molar-refractivity contribution in [2.75, 3.05) is 30.4 Å². The number of carbonyl (C=O) groups is 4. The number of nitrogens with one attached hydrogen (secondary N) is 1. The lowest BCUT2D eigenvalue weighted by atomic mass is 9.93. The number of nitrogens with zero attached hydrogens (tertiary/aromatic N) is 5. The van der Waals surface area contributed by atoms with Crippen molar-refractivity contribution in [2.24, 2.45) is 5.92 Å². The molecule has 0 aliphatic rings. The quantitative estimate of drug-likeness (QED) is 0.0604. The maximum Gasteiger partial charge on any atom is 0.325 e. The number of esters is 2. The average Bonchev–Trinajstić information content (AvgIpc) is 3.08. The molecule has 0 aliphatic heterocycles. The van der Waals surface area contributed by atoms with Crippen LogP contribution in [0.4, 0.5) is 11.8 Å². The number of pyridine rings is 1. The van der Waals surface area contributed by atoms with Crippen LogP contribution in [0.25, 0.3) is 11.2 Å². The van der Waals surface area contributed by atoms with Gasteiger partial charge >= 0.3 is 11.9 Å². The van der Waals surface area contributed by atoms with Gasteiger partial charge in [-0.1, -0.05) is 41.1 Å². The van der Waals surface area contributed by atoms with Crippen LogP contribution in [-0.2, 0) is 36.7 Å². The normalized spacial score (nSPS) is 11.9. The van der Waals surface area contributed by atoms with Gasteiger partial charge in [0.25, 0.3) is 0 Å². The molecule has 0 fully saturated rings. The predicted octanol–water partition coefficient (Wildman–Crippen LogP) is 4.18. The van der Waals surface area contributed by atoms with Gasteiger partial charge in [0.2, 0.25) is 11.9 Å². The molecule has 0 saturated heterocycles. The fourth-order valence-electron chi connectivity index (χ4n) is 4.57. The molecule has 4 aromatic rings. The number of nitrogen functional groups attached to an aromatic ring is 2. The van der Waals surface area contributed by atoms with Crippen LogP contribution < -0.4 is 16.8 Å². The Morgan fingerprint density at radius 2 is 1.74 bits per heavy atom. The van der Waals surface area contributed by atoms with Gasteiger partial charge in [0, 0.05) is 30.4 Å². The largest absolute Gasteiger partial charge is 0.463 e. The van der Waals surface area contributed by atoms with E-state index in [1.807, 2.05) is 30.3 Å². The van der Waals surface area contributed by atoms with E-state index >= 15 is 0 Å². The highest BCUT2D eigenvalue weighted by molar-refractivity contribution is 8.76. The van der Waals surface area contributed by atoms with Crippen molar-refractivity contribution < 1.29 is 28.7 Å². The summed E-state index contributed by atoms with van der Waals surface area (Å²) in [7, 11) is 2.98. The molecule has 0 bridgehead atoms. The third-order valence-electron chi connectivity index (χ3n) is 6.98. The summed E-state index contributed by atoms with van der Waals surface area (Å²) >= 11 is 0. The summed E-state index contributed by atoms with van der Waals surface area (Å²) in [4.78, 5) is 71.9. The molecule has 264 valence electrons. The van der Waals surface area contributed by atoms with E-state index in [4.69, 9.17) is 20.9 Å². The summed E-state index contributed by atoms with van der Waals surface area (Å²) in [5, 5.41) is 3.38. The molecule has 16 heteroatoms. The van der Waals surface area contributed by atoms with E-state index in [2.05, 4.69) is 30.2 Å². The Bertz CT molecular complexity index is 1790. The van der Waals surface area contributed by atoms with E-state index in [9.17, 15) is 19.2 Å². The van der Waals surface area contributed by atoms with Gasteiger partial charge in [-0.05, 0) is 68.5 Å². The maximum absolute atomic E-state index is 13.3. The summed E-state index contributed by atoms with van der Waals surface area (Å²) in [5.74, 6) is -1.95. The van der Waals surface area contributed by atoms with Gasteiger partial charge in [0.05, 0.1) is 17.8 Å². The van der Waals surface area contributed by atoms with Crippen molar-refractivity contribution in [3.05, 3.63) is 71.7 Å². The zero-order valence-corrected chi connectivity index (χ0v) is 29.7. The van der Waals surface area contributed by atoms with Crippen LogP contribution in [0.2, 0.25) is 0 Å². The van der Waals surface area contributed by atoms with Gasteiger partial charge in [-0.15, -0.1) is 0 Å². The minimum absolute atomic E-state index is 0.0301. The molecule has 3 aromatic heterocycles. The number of fused-ring (bicyclic) bond motifs is 1. The van der Waals surface area contributed by atoms with Crippen molar-refractivity contribution in [3.63, 3.8) is 0 Å². The van der Waals surface area contributed by atoms with Gasteiger partial charge in [-0.2, -0.15) is 9.97 Å². The molecule has 1 atom stereocenters. The number of ketones is 1. The SMILES string of the molecule is CC(C)(C)OC(=O)[C@H](CCC(=O)NCC(=O)OCCSSc1ccccn1)CC(=O)c1ccc(CCc2cnc3nc(N)nc(N)c3n2)cc1. The highest BCUT2D eigenvalue weighted by Crippen LogP contribution is 2.28. The number of anilines is 2. The van der Waals surface area contributed by atoms with Gasteiger partial charge in [0.1, 0.15) is 23.8 Å². The number of hydrogen-bond acceptors (Lipinski definition) is 15. The third-order valence-corrected chi connectivity index (χ3v) is 9.21. The van der Waals surface area contributed by atoms with Crippen molar-refractivity contribution in [2.45, 2.75) is 63.5 Å². The molecule has 0 saturated carbocycles. The summed E-state index contributed by atoms with van der Waals surface area (Å²) in [5.41, 5.74) is 13.6. The predicted molar refractivity (Wildman–Crippen MR) is 192 cm³/mol. The summed E-state index contributed by atoms with van der Waals surface area (Å²) in [6.45, 7) is 5.09. The van der Waals surface area contributed by atoms with E-state index in [0.29, 0.717) is 41.0 Å². The number of carbonyl (C=O) groups excluding carboxylic acids is 4. The van der Waals surface area contributed by atoms with E-state index in [-0.39, 0.29) is 50.0 Å². The number of ether oxygens (including phenoxy) is 2. The smallest absolute Gasteiger partial charge is 0.325 e. The Labute approximate surface area is 297 Å². The molecule has 0 aliphatic carbocycles. The van der Waals surface area contributed by atoms with Crippen molar-refractivity contribution in [3.8, 4) is 0 Å². The number of aromatic nitrogens is 5. The maximum atomic E-state index is 13.3. The third kappa shape index (κ3) is 12.6. The molecular formula is C34H40N8O6S2. The number of rotatable bonds is 17. The van der Waals surface area contributed by atoms with Crippen LogP contribution in [0.3, 0.4) is 0 Å². The molecular weight excluding hydrogens is 681 g/mol. The van der Waals surface area contributed by atoms with Crippen LogP contribution in [0.5, 0.6) is 0 Å². The minimum Gasteiger partial charge on any atom is -0.463 e. The van der Waals surface area contributed by atoms with E-state index in [1.165, 1.54) is 21.6 Å². The highest BCUT2D eigenvalue weighted by Gasteiger charge is 2.28. The molecule has 0 unspecified atom stereocenters. The van der Waals surface area contributed by atoms with Crippen LogP contribution in [-0.4, -0.2) is 73.1 Å². The van der Waals surface area contributed by atoms with Gasteiger partial charge < -0.3 is 26.3 Å². The van der Waals surface area contributed by atoms with Gasteiger partial charge in [-0.3, -0.25) is 19.2 Å². The molecule has 50 heavy (non-hydrogen) atoms. The first kappa shape index (κ1) is 38.0. The molecule has 1 aromatic carbocycles. The van der Waals surface area contributed by atoms with Gasteiger partial charge in [0.15, 0.2) is 22.8 Å². The van der Waals surface area contributed by atoms with Crippen molar-refractivity contribution in [1.29, 1.82) is 0 Å². The van der Waals surface area contributed by atoms with Crippen LogP contribution in [0, 0.1) is 5.92 Å². The van der Waals surface area contributed by atoms with E-state index in [0.717, 1.165) is 10.6 Å². The fourth-order valence-corrected chi connectivity index (χ4v) is 6.27. The Balaban J connectivity index is 1.24. The second-order valence-electron chi connectivity index (χ2n) is 12.2.